The molecule has 0 radical (unpaired) electrons. The Labute approximate surface area is 190 Å². The number of pyridine rings is 1. The highest BCUT2D eigenvalue weighted by molar-refractivity contribution is 5.83. The van der Waals surface area contributed by atoms with Crippen LogP contribution in [0.2, 0.25) is 0 Å². The molecule has 6 nitrogen and oxygen atoms in total. The summed E-state index contributed by atoms with van der Waals surface area (Å²) < 4.78 is 5.30. The van der Waals surface area contributed by atoms with Gasteiger partial charge in [-0.3, -0.25) is 14.6 Å². The summed E-state index contributed by atoms with van der Waals surface area (Å²) in [7, 11) is 1.68. The number of amides is 2. The number of aromatic nitrogens is 1. The summed E-state index contributed by atoms with van der Waals surface area (Å²) in [6, 6.07) is 14.1. The molecule has 0 bridgehead atoms. The molecule has 0 unspecified atom stereocenters. The minimum absolute atomic E-state index is 0.00885. The summed E-state index contributed by atoms with van der Waals surface area (Å²) in [5, 5.41) is 3.25. The summed E-state index contributed by atoms with van der Waals surface area (Å²) in [6.45, 7) is 1.75. The van der Waals surface area contributed by atoms with Crippen molar-refractivity contribution in [1.29, 1.82) is 0 Å². The molecule has 32 heavy (non-hydrogen) atoms. The van der Waals surface area contributed by atoms with Crippen LogP contribution in [0.15, 0.2) is 48.7 Å². The molecular formula is C26H33N3O3. The zero-order valence-electron chi connectivity index (χ0n) is 18.9. The standard InChI is InChI=1S/C26H33N3O3/c1-32-23-10-8-21(9-11-23)26(14-3-4-15-26)19-28-25(31)20-7-12-24(30)29(18-20)17-13-22-6-2-5-16-27-22/h2,5-6,8-11,16,20H,3-4,7,12-15,17-19H2,1H3,(H,28,31)/t20-/m0/s1. The molecule has 1 saturated heterocycles. The molecule has 6 heteroatoms. The van der Waals surface area contributed by atoms with Gasteiger partial charge in [0.1, 0.15) is 5.75 Å². The normalized spacial score (nSPS) is 20.2. The van der Waals surface area contributed by atoms with Gasteiger partial charge >= 0.3 is 0 Å². The number of nitrogens with zero attached hydrogens (tertiary/aromatic N) is 2. The highest BCUT2D eigenvalue weighted by atomic mass is 16.5. The van der Waals surface area contributed by atoms with Crippen LogP contribution in [-0.2, 0) is 21.4 Å². The molecule has 170 valence electrons. The second-order valence-corrected chi connectivity index (χ2v) is 9.08. The Balaban J connectivity index is 1.35. The molecule has 0 spiro atoms. The van der Waals surface area contributed by atoms with Gasteiger partial charge in [0, 0.05) is 49.8 Å². The first-order valence-corrected chi connectivity index (χ1v) is 11.7. The van der Waals surface area contributed by atoms with Crippen molar-refractivity contribution in [2.24, 2.45) is 5.92 Å². The van der Waals surface area contributed by atoms with Crippen LogP contribution in [0.4, 0.5) is 0 Å². The van der Waals surface area contributed by atoms with Crippen molar-refractivity contribution in [3.05, 3.63) is 59.9 Å². The van der Waals surface area contributed by atoms with E-state index in [9.17, 15) is 9.59 Å². The van der Waals surface area contributed by atoms with Crippen LogP contribution in [-0.4, -0.2) is 48.4 Å². The third kappa shape index (κ3) is 5.12. The maximum absolute atomic E-state index is 13.1. The van der Waals surface area contributed by atoms with E-state index in [0.29, 0.717) is 38.9 Å². The number of piperidine rings is 1. The number of ether oxygens (including phenoxy) is 1. The van der Waals surface area contributed by atoms with Crippen LogP contribution in [0.1, 0.15) is 49.8 Å². The predicted molar refractivity (Wildman–Crippen MR) is 123 cm³/mol. The zero-order chi connectivity index (χ0) is 22.4. The Hall–Kier alpha value is -2.89. The van der Waals surface area contributed by atoms with E-state index in [-0.39, 0.29) is 23.1 Å². The maximum atomic E-state index is 13.1. The minimum atomic E-state index is -0.147. The van der Waals surface area contributed by atoms with E-state index in [2.05, 4.69) is 22.4 Å². The largest absolute Gasteiger partial charge is 0.497 e. The first kappa shape index (κ1) is 22.3. The summed E-state index contributed by atoms with van der Waals surface area (Å²) in [6.07, 6.45) is 8.07. The summed E-state index contributed by atoms with van der Waals surface area (Å²) in [5.41, 5.74) is 2.23. The second kappa shape index (κ2) is 10.2. The van der Waals surface area contributed by atoms with Gasteiger partial charge < -0.3 is 15.0 Å². The highest BCUT2D eigenvalue weighted by Crippen LogP contribution is 2.41. The van der Waals surface area contributed by atoms with Crippen molar-refractivity contribution in [2.75, 3.05) is 26.7 Å². The number of benzene rings is 1. The van der Waals surface area contributed by atoms with Crippen molar-refractivity contribution in [2.45, 2.75) is 50.4 Å². The lowest BCUT2D eigenvalue weighted by Crippen LogP contribution is -2.48. The molecule has 2 fully saturated rings. The molecule has 1 aromatic carbocycles. The van der Waals surface area contributed by atoms with E-state index in [4.69, 9.17) is 4.74 Å². The van der Waals surface area contributed by atoms with Crippen LogP contribution in [0, 0.1) is 5.92 Å². The van der Waals surface area contributed by atoms with Gasteiger partial charge in [0.05, 0.1) is 13.0 Å². The fourth-order valence-electron chi connectivity index (χ4n) is 5.10. The summed E-state index contributed by atoms with van der Waals surface area (Å²) in [5.74, 6) is 0.907. The Morgan fingerprint density at radius 3 is 2.66 bits per heavy atom. The maximum Gasteiger partial charge on any atom is 0.224 e. The van der Waals surface area contributed by atoms with Gasteiger partial charge in [-0.25, -0.2) is 0 Å². The smallest absolute Gasteiger partial charge is 0.224 e. The van der Waals surface area contributed by atoms with E-state index in [1.165, 1.54) is 18.4 Å². The third-order valence-electron chi connectivity index (χ3n) is 7.10. The van der Waals surface area contributed by atoms with E-state index in [1.807, 2.05) is 35.2 Å². The van der Waals surface area contributed by atoms with Crippen LogP contribution >= 0.6 is 0 Å². The van der Waals surface area contributed by atoms with E-state index < -0.39 is 0 Å². The first-order valence-electron chi connectivity index (χ1n) is 11.7. The Morgan fingerprint density at radius 1 is 1.19 bits per heavy atom. The van der Waals surface area contributed by atoms with Crippen molar-refractivity contribution in [1.82, 2.24) is 15.2 Å². The van der Waals surface area contributed by atoms with Crippen molar-refractivity contribution in [3.8, 4) is 5.75 Å². The Bertz CT molecular complexity index is 908. The fourth-order valence-corrected chi connectivity index (χ4v) is 5.10. The Morgan fingerprint density at radius 2 is 1.97 bits per heavy atom. The van der Waals surface area contributed by atoms with Crippen LogP contribution < -0.4 is 10.1 Å². The number of rotatable bonds is 8. The molecule has 1 aliphatic heterocycles. The van der Waals surface area contributed by atoms with Crippen LogP contribution in [0.5, 0.6) is 5.75 Å². The number of nitrogens with one attached hydrogen (secondary N) is 1. The van der Waals surface area contributed by atoms with E-state index in [0.717, 1.165) is 24.3 Å². The lowest BCUT2D eigenvalue weighted by atomic mass is 9.78. The number of carbonyl (C=O) groups is 2. The number of likely N-dealkylation sites (tertiary alicyclic amines) is 1. The number of hydrogen-bond acceptors (Lipinski definition) is 4. The molecule has 1 saturated carbocycles. The highest BCUT2D eigenvalue weighted by Gasteiger charge is 2.37. The molecule has 1 atom stereocenters. The van der Waals surface area contributed by atoms with Gasteiger partial charge in [0.15, 0.2) is 0 Å². The molecule has 2 aromatic rings. The monoisotopic (exact) mass is 435 g/mol. The molecule has 1 N–H and O–H groups in total. The van der Waals surface area contributed by atoms with Crippen molar-refractivity contribution < 1.29 is 14.3 Å². The minimum Gasteiger partial charge on any atom is -0.497 e. The predicted octanol–water partition coefficient (Wildman–Crippen LogP) is 3.50. The summed E-state index contributed by atoms with van der Waals surface area (Å²) in [4.78, 5) is 31.6. The number of methoxy groups -OCH3 is 1. The SMILES string of the molecule is COc1ccc(C2(CNC(=O)[C@H]3CCC(=O)N(CCc4ccccn4)C3)CCCC2)cc1. The van der Waals surface area contributed by atoms with Gasteiger partial charge in [0.25, 0.3) is 0 Å². The lowest BCUT2D eigenvalue weighted by Gasteiger charge is -2.34. The second-order valence-electron chi connectivity index (χ2n) is 9.08. The van der Waals surface area contributed by atoms with Gasteiger partial charge in [-0.15, -0.1) is 0 Å². The quantitative estimate of drug-likeness (QED) is 0.689. The van der Waals surface area contributed by atoms with Crippen molar-refractivity contribution in [3.63, 3.8) is 0 Å². The molecule has 2 aliphatic rings. The molecule has 1 aromatic heterocycles. The average Bonchev–Trinajstić information content (AvgIpc) is 3.33. The van der Waals surface area contributed by atoms with Gasteiger partial charge in [-0.2, -0.15) is 0 Å². The van der Waals surface area contributed by atoms with Gasteiger partial charge in [-0.1, -0.05) is 31.0 Å². The molecular weight excluding hydrogens is 402 g/mol. The topological polar surface area (TPSA) is 71.5 Å². The number of carbonyl (C=O) groups excluding carboxylic acids is 2. The third-order valence-corrected chi connectivity index (χ3v) is 7.10. The zero-order valence-corrected chi connectivity index (χ0v) is 18.9. The fraction of sp³-hybridized carbons (Fsp3) is 0.500. The van der Waals surface area contributed by atoms with E-state index >= 15 is 0 Å². The lowest BCUT2D eigenvalue weighted by molar-refractivity contribution is -0.138. The molecule has 2 amide bonds. The summed E-state index contributed by atoms with van der Waals surface area (Å²) >= 11 is 0. The van der Waals surface area contributed by atoms with E-state index in [1.54, 1.807) is 13.3 Å². The van der Waals surface area contributed by atoms with Gasteiger partial charge in [-0.05, 0) is 49.1 Å². The van der Waals surface area contributed by atoms with Gasteiger partial charge in [0.2, 0.25) is 11.8 Å². The van der Waals surface area contributed by atoms with Crippen LogP contribution in [0.25, 0.3) is 0 Å². The van der Waals surface area contributed by atoms with Crippen LogP contribution in [0.3, 0.4) is 0 Å². The molecule has 2 heterocycles. The Kier molecular flexibility index (Phi) is 7.08. The first-order chi connectivity index (χ1) is 15.6. The average molecular weight is 436 g/mol. The van der Waals surface area contributed by atoms with Crippen molar-refractivity contribution >= 4 is 11.8 Å². The molecule has 1 aliphatic carbocycles. The molecule has 4 rings (SSSR count). The number of hydrogen-bond donors (Lipinski definition) is 1.